The normalized spacial score (nSPS) is 24.9. The van der Waals surface area contributed by atoms with Crippen LogP contribution in [0.25, 0.3) is 21.8 Å². The number of H-pyrrole nitrogens is 3. The number of aromatic hydroxyl groups is 1. The number of nitrogens with two attached hydrogens (primary N) is 2. The lowest BCUT2D eigenvalue weighted by atomic mass is 9.90. The summed E-state index contributed by atoms with van der Waals surface area (Å²) in [7, 11) is 3.95. The molecular weight excluding hydrogens is 1770 g/mol. The molecule has 15 atom stereocenters. The van der Waals surface area contributed by atoms with Crippen molar-refractivity contribution in [3.63, 3.8) is 0 Å². The lowest BCUT2D eigenvalue weighted by Gasteiger charge is -2.36. The molecule has 0 aliphatic carbocycles. The number of imidazole rings is 1. The predicted octanol–water partition coefficient (Wildman–Crippen LogP) is -0.281. The number of rotatable bonds is 26. The number of nitrogens with zero attached hydrogens (tertiary/aromatic N) is 6. The van der Waals surface area contributed by atoms with E-state index in [0.717, 1.165) is 26.5 Å². The molecule has 0 spiro atoms. The average Bonchev–Trinajstić information content (AvgIpc) is 1.56. The number of hydrogen-bond donors (Lipinski definition) is 18. The molecule has 0 bridgehead atoms. The lowest BCUT2D eigenvalue weighted by molar-refractivity contribution is -0.149. The highest BCUT2D eigenvalue weighted by Gasteiger charge is 2.47. The van der Waals surface area contributed by atoms with Crippen molar-refractivity contribution in [1.82, 2.24) is 92.3 Å². The molecule has 0 saturated carbocycles. The van der Waals surface area contributed by atoms with Crippen LogP contribution in [0.4, 0.5) is 0 Å². The summed E-state index contributed by atoms with van der Waals surface area (Å²) in [5.41, 5.74) is 14.7. The third kappa shape index (κ3) is 29.3. The van der Waals surface area contributed by atoms with Crippen molar-refractivity contribution in [3.8, 4) is 5.75 Å². The molecule has 732 valence electrons. The van der Waals surface area contributed by atoms with Crippen molar-refractivity contribution < 1.29 is 107 Å². The summed E-state index contributed by atoms with van der Waals surface area (Å²) in [6.07, 6.45) is 1.25. The molecule has 135 heavy (non-hydrogen) atoms. The Morgan fingerprint density at radius 1 is 0.570 bits per heavy atom. The first kappa shape index (κ1) is 105. The molecule has 3 aliphatic heterocycles. The number of nitrogens with one attached hydrogen (secondary N) is 12. The van der Waals surface area contributed by atoms with Crippen LogP contribution in [0, 0.1) is 11.8 Å². The highest BCUT2D eigenvalue weighted by atomic mass is 32.2. The summed E-state index contributed by atoms with van der Waals surface area (Å²) in [4.78, 5) is 281. The van der Waals surface area contributed by atoms with Crippen LogP contribution < -0.4 is 59.3 Å². The number of thioether (sulfide) groups is 1. The van der Waals surface area contributed by atoms with Crippen molar-refractivity contribution in [2.75, 3.05) is 58.8 Å². The Bertz CT molecular complexity index is 5220. The van der Waals surface area contributed by atoms with Crippen LogP contribution in [0.2, 0.25) is 0 Å². The van der Waals surface area contributed by atoms with E-state index in [1.54, 1.807) is 74.8 Å². The van der Waals surface area contributed by atoms with E-state index in [0.29, 0.717) is 64.2 Å². The number of ketones is 1. The van der Waals surface area contributed by atoms with E-state index < -0.39 is 260 Å². The third-order valence-corrected chi connectivity index (χ3v) is 25.6. The number of aromatic nitrogens is 4. The fourth-order valence-corrected chi connectivity index (χ4v) is 17.9. The van der Waals surface area contributed by atoms with Gasteiger partial charge < -0.3 is 119 Å². The van der Waals surface area contributed by atoms with Crippen LogP contribution in [-0.4, -0.2) is 315 Å². The number of phenols is 1. The Balaban J connectivity index is 1.11. The molecule has 6 aromatic rings. The number of para-hydroxylation sites is 2. The van der Waals surface area contributed by atoms with Crippen LogP contribution >= 0.6 is 11.8 Å². The number of hydrogen-bond acceptors (Lipinski definition) is 23. The number of amides is 15. The zero-order valence-electron chi connectivity index (χ0n) is 77.0. The number of carboxylic acids is 2. The number of likely N-dealkylation sites (N-methyl/N-ethyl adjacent to an activating group) is 3. The second kappa shape index (κ2) is 50.1. The minimum Gasteiger partial charge on any atom is -0.508 e. The Morgan fingerprint density at radius 3 is 1.76 bits per heavy atom. The number of phenolic OH excluding ortho intramolecular Hbond substituents is 1. The zero-order chi connectivity index (χ0) is 98.6. The molecular formula is C92H126N20O22S. The van der Waals surface area contributed by atoms with Gasteiger partial charge in [0.2, 0.25) is 88.6 Å². The number of fused-ring (bicyclic) bond motifs is 4. The van der Waals surface area contributed by atoms with Gasteiger partial charge in [-0.1, -0.05) is 102 Å². The van der Waals surface area contributed by atoms with Gasteiger partial charge in [0.05, 0.1) is 37.2 Å². The number of aliphatic hydroxyl groups is 1. The van der Waals surface area contributed by atoms with E-state index in [4.69, 9.17) is 11.5 Å². The number of aliphatic carboxylic acids is 2. The van der Waals surface area contributed by atoms with Crippen molar-refractivity contribution in [2.45, 2.75) is 241 Å². The van der Waals surface area contributed by atoms with Crippen LogP contribution in [0.15, 0.2) is 97.7 Å². The van der Waals surface area contributed by atoms with Crippen LogP contribution in [0.3, 0.4) is 0 Å². The van der Waals surface area contributed by atoms with Gasteiger partial charge in [0, 0.05) is 131 Å². The van der Waals surface area contributed by atoms with Crippen molar-refractivity contribution >= 4 is 140 Å². The van der Waals surface area contributed by atoms with E-state index in [-0.39, 0.29) is 88.2 Å². The number of Topliss-reactive ketones (excluding diaryl/α,β-unsaturated/α-hetero) is 1. The zero-order valence-corrected chi connectivity index (χ0v) is 77.9. The number of carbonyl (C=O) groups is 18. The molecule has 9 rings (SSSR count). The molecule has 3 aliphatic rings. The minimum absolute atomic E-state index is 0.0261. The van der Waals surface area contributed by atoms with Gasteiger partial charge in [-0.05, 0) is 112 Å². The molecule has 3 aromatic carbocycles. The lowest BCUT2D eigenvalue weighted by Crippen LogP contribution is -2.60. The number of carbonyl (C=O) groups excluding carboxylic acids is 16. The molecule has 15 amide bonds. The second-order valence-corrected chi connectivity index (χ2v) is 36.1. The van der Waals surface area contributed by atoms with Gasteiger partial charge in [0.25, 0.3) is 0 Å². The first-order valence-electron chi connectivity index (χ1n) is 45.5. The average molecular weight is 1900 g/mol. The van der Waals surface area contributed by atoms with Crippen molar-refractivity contribution in [1.29, 1.82) is 0 Å². The van der Waals surface area contributed by atoms with Crippen LogP contribution in [0.5, 0.6) is 5.75 Å². The Morgan fingerprint density at radius 2 is 1.14 bits per heavy atom. The number of aromatic amines is 3. The standard InChI is InChI=1S/C92H126N20O22S/c1-9-11-22-71-86(128)103-65(34-50(3)4)84(126)107-70(82(124)98-45-76(94)116)47-135-48-77(117)100-67(35-52-25-27-57(113)28-26-52)88(130)108(6)51(5)80(122)105-69(41-79(120)121)91(133)111-33-17-24-72(111)87(129)104-66(39-56-44-95-49-99-56)85(127)102-64(29-30-78(118)119)90(132)112-46-58(114)40-74(112)75(115)38-53(36-54-42-96-61-20-15-13-18-59(54)61)81(123)101-63(31-32-93)83(125)106-68(37-55-43-97-62-21-16-14-19-60(55)62)89(131)110(8)73(23-12-10-2)92(134)109(71)7/h13-16,18-21,25-28,42-44,49-51,53,58,63-74,96-97,113-114H,9-12,17,22-24,29-41,45-48,93H2,1-8H3,(H2,94,116)(H,95,99)(H,98,124)(H,100,117)(H,101,123)(H,102,127)(H,103,128)(H,104,129)(H,105,122)(H,106,125)(H,107,126)(H,118,119)(H,120,121)/t51-,53+,58+,63-,64-,65-,66-,67-,68-,69-,70-,71-,72-,73-,74-/m0/s1. The SMILES string of the molecule is CCCC[C@H]1C(=O)N(C)[C@@H](CCCC)C(=O)N[C@@H](CC(C)C)C(=O)N[C@H](C(=O)NCC(N)=O)CSCC(=O)N[C@@H](Cc2ccc(O)cc2)C(=O)N(C)[C@@H](C)C(=O)N[C@@H](CC(=O)O)C(=O)N2CCC[C@H]2C(=O)N[C@@H](Cc2cnc[nH]2)C(=O)N[C@@H](CCC(=O)O)C(=O)N2C[C@H](O)C[C@H]2C(=O)C[C@@H](Cc2c[nH]c3ccccc23)C(=O)N[C@@H](CCN)C(=O)N[C@@H](Cc2c[nH]c3ccccc23)C(=O)N1C. The highest BCUT2D eigenvalue weighted by Crippen LogP contribution is 2.30. The van der Waals surface area contributed by atoms with Crippen molar-refractivity contribution in [2.24, 2.45) is 23.3 Å². The Labute approximate surface area is 784 Å². The molecule has 3 aromatic heterocycles. The summed E-state index contributed by atoms with van der Waals surface area (Å²) in [5, 5.41) is 67.1. The van der Waals surface area contributed by atoms with Gasteiger partial charge in [0.15, 0.2) is 5.78 Å². The number of unbranched alkanes of at least 4 members (excludes halogenated alkanes) is 2. The van der Waals surface area contributed by atoms with Gasteiger partial charge in [-0.25, -0.2) is 4.98 Å². The van der Waals surface area contributed by atoms with Gasteiger partial charge in [0.1, 0.15) is 78.3 Å². The van der Waals surface area contributed by atoms with Gasteiger partial charge in [-0.15, -0.1) is 11.8 Å². The fraction of sp³-hybridized carbons (Fsp3) is 0.533. The van der Waals surface area contributed by atoms with Crippen LogP contribution in [-0.2, 0) is 112 Å². The monoisotopic (exact) mass is 1890 g/mol. The quantitative estimate of drug-likeness (QED) is 0.0332. The first-order valence-corrected chi connectivity index (χ1v) is 46.6. The maximum atomic E-state index is 15.8. The van der Waals surface area contributed by atoms with Gasteiger partial charge >= 0.3 is 11.9 Å². The maximum Gasteiger partial charge on any atom is 0.305 e. The number of aliphatic hydroxyl groups excluding tert-OH is 1. The maximum absolute atomic E-state index is 15.8. The smallest absolute Gasteiger partial charge is 0.305 e. The second-order valence-electron chi connectivity index (χ2n) is 35.1. The van der Waals surface area contributed by atoms with Crippen molar-refractivity contribution in [3.05, 3.63) is 120 Å². The number of benzene rings is 3. The molecule has 42 nitrogen and oxygen atoms in total. The van der Waals surface area contributed by atoms with E-state index >= 15 is 38.4 Å². The molecule has 0 unspecified atom stereocenters. The van der Waals surface area contributed by atoms with Gasteiger partial charge in [-0.3, -0.25) is 86.3 Å². The van der Waals surface area contributed by atoms with E-state index in [9.17, 15) is 68.4 Å². The topological polar surface area (TPSA) is 625 Å². The largest absolute Gasteiger partial charge is 0.508 e. The van der Waals surface area contributed by atoms with E-state index in [1.165, 1.54) is 74.7 Å². The van der Waals surface area contributed by atoms with Crippen LogP contribution in [0.1, 0.15) is 153 Å². The Kier molecular flexibility index (Phi) is 39.1. The fourth-order valence-electron chi connectivity index (χ4n) is 17.0. The molecule has 3 saturated heterocycles. The summed E-state index contributed by atoms with van der Waals surface area (Å²) < 4.78 is 0. The number of primary amides is 1. The molecule has 43 heteroatoms. The van der Waals surface area contributed by atoms with E-state index in [2.05, 4.69) is 67.8 Å². The molecule has 3 fully saturated rings. The Hall–Kier alpha value is -13.3. The third-order valence-electron chi connectivity index (χ3n) is 24.5. The molecule has 6 heterocycles. The minimum atomic E-state index is -1.93. The molecule has 20 N–H and O–H groups in total. The molecule has 0 radical (unpaired) electrons. The summed E-state index contributed by atoms with van der Waals surface area (Å²) in [5.74, 6) is -20.7. The highest BCUT2D eigenvalue weighted by molar-refractivity contribution is 8.00. The summed E-state index contributed by atoms with van der Waals surface area (Å²) >= 11 is 0.779. The summed E-state index contributed by atoms with van der Waals surface area (Å²) in [6, 6.07) is -0.595. The van der Waals surface area contributed by atoms with Gasteiger partial charge in [-0.2, -0.15) is 0 Å². The first-order chi connectivity index (χ1) is 64.3. The predicted molar refractivity (Wildman–Crippen MR) is 494 cm³/mol. The number of carboxylic acid groups (broad SMARTS) is 2. The van der Waals surface area contributed by atoms with E-state index in [1.807, 2.05) is 13.8 Å². The summed E-state index contributed by atoms with van der Waals surface area (Å²) in [6.45, 7) is 6.78.